The van der Waals surface area contributed by atoms with Gasteiger partial charge in [0.1, 0.15) is 24.0 Å². The summed E-state index contributed by atoms with van der Waals surface area (Å²) in [6, 6.07) is 57.3. The molecule has 0 radical (unpaired) electrons. The van der Waals surface area contributed by atoms with Gasteiger partial charge in [-0.1, -0.05) is 141 Å². The average molecular weight is 875 g/mol. The summed E-state index contributed by atoms with van der Waals surface area (Å²) in [5, 5.41) is 8.59. The molecular weight excluding hydrogens is 817 g/mol. The van der Waals surface area contributed by atoms with Gasteiger partial charge in [-0.25, -0.2) is 4.98 Å². The molecule has 0 saturated heterocycles. The lowest BCUT2D eigenvalue weighted by Gasteiger charge is -2.21. The molecule has 0 unspecified atom stereocenters. The Balaban J connectivity index is 0.987. The van der Waals surface area contributed by atoms with E-state index in [4.69, 9.17) is 17.9 Å². The number of anilines is 2. The van der Waals surface area contributed by atoms with E-state index >= 15 is 0 Å². The molecule has 67 heavy (non-hydrogen) atoms. The zero-order chi connectivity index (χ0) is 50.7. The third kappa shape index (κ3) is 6.71. The first-order valence-corrected chi connectivity index (χ1v) is 22.9. The van der Waals surface area contributed by atoms with Gasteiger partial charge in [-0.15, -0.1) is 0 Å². The maximum absolute atomic E-state index is 8.70. The zero-order valence-electron chi connectivity index (χ0n) is 44.1. The number of rotatable bonds is 5. The van der Waals surface area contributed by atoms with Gasteiger partial charge in [0.15, 0.2) is 0 Å². The Bertz CT molecular complexity index is 4140. The predicted molar refractivity (Wildman–Crippen MR) is 282 cm³/mol. The molecule has 0 spiro atoms. The van der Waals surface area contributed by atoms with Crippen LogP contribution in [0.1, 0.15) is 56.8 Å². The lowest BCUT2D eigenvalue weighted by atomic mass is 9.86. The summed E-state index contributed by atoms with van der Waals surface area (Å²) in [5.41, 5.74) is 10.8. The minimum Gasteiger partial charge on any atom is -0.457 e. The molecule has 11 aromatic rings. The number of aryl methyl sites for hydroxylation is 4. The number of pyridine rings is 1. The number of nitrogens with zero attached hydrogens (tertiary/aromatic N) is 4. The van der Waals surface area contributed by atoms with E-state index < -0.39 is 13.7 Å². The van der Waals surface area contributed by atoms with E-state index in [-0.39, 0.29) is 16.5 Å². The molecule has 0 bridgehead atoms. The molecule has 1 aliphatic rings. The van der Waals surface area contributed by atoms with Gasteiger partial charge < -0.3 is 14.2 Å². The molecule has 0 amide bonds. The zero-order valence-corrected chi connectivity index (χ0v) is 38.1. The molecule has 8 aromatic carbocycles. The van der Waals surface area contributed by atoms with Crippen molar-refractivity contribution in [2.75, 3.05) is 4.90 Å². The maximum atomic E-state index is 8.70. The lowest BCUT2D eigenvalue weighted by molar-refractivity contribution is 0.483. The summed E-state index contributed by atoms with van der Waals surface area (Å²) in [6.45, 7) is 6.54. The largest absolute Gasteiger partial charge is 0.457 e. The Morgan fingerprint density at radius 2 is 1.24 bits per heavy atom. The number of fused-ring (bicyclic) bond motifs is 10. The van der Waals surface area contributed by atoms with E-state index in [0.29, 0.717) is 46.0 Å². The van der Waals surface area contributed by atoms with Crippen molar-refractivity contribution in [3.05, 3.63) is 204 Å². The van der Waals surface area contributed by atoms with E-state index in [0.717, 1.165) is 38.8 Å². The van der Waals surface area contributed by atoms with Crippen LogP contribution in [0.15, 0.2) is 176 Å². The summed E-state index contributed by atoms with van der Waals surface area (Å²) < 4.78 is 62.0. The second-order valence-corrected chi connectivity index (χ2v) is 19.0. The number of ether oxygens (including phenoxy) is 1. The second kappa shape index (κ2) is 15.4. The van der Waals surface area contributed by atoms with Crippen LogP contribution >= 0.6 is 0 Å². The van der Waals surface area contributed by atoms with Crippen LogP contribution in [0.2, 0.25) is 0 Å². The minimum absolute atomic E-state index is 0.0692. The van der Waals surface area contributed by atoms with Gasteiger partial charge in [0.2, 0.25) is 0 Å². The smallest absolute Gasteiger partial charge is 0.137 e. The first kappa shape index (κ1) is 34.5. The maximum Gasteiger partial charge on any atom is 0.137 e. The van der Waals surface area contributed by atoms with Crippen molar-refractivity contribution < 1.29 is 13.0 Å². The van der Waals surface area contributed by atoms with Crippen LogP contribution in [-0.4, -0.2) is 14.1 Å². The number of para-hydroxylation sites is 2. The fourth-order valence-electron chi connectivity index (χ4n) is 10.4. The second-order valence-electron chi connectivity index (χ2n) is 19.0. The van der Waals surface area contributed by atoms with Crippen molar-refractivity contribution >= 4 is 76.5 Å². The summed E-state index contributed by atoms with van der Waals surface area (Å²) >= 11 is 0. The van der Waals surface area contributed by atoms with Crippen molar-refractivity contribution in [1.29, 1.82) is 0 Å². The van der Waals surface area contributed by atoms with E-state index in [1.807, 2.05) is 59.2 Å². The van der Waals surface area contributed by atoms with Crippen molar-refractivity contribution in [2.24, 2.45) is 0 Å². The standard InChI is InChI=1S/C62H52N4O/c1-38-21-28-49-47-16-8-9-17-48(47)51-19-12-20-57-61(51)65(60-40(3)13-10-18-52(60)53(49)31-38)37-64(57)44-14-11-15-45(34-44)67-46-27-29-50-54-32-39(2)22-30-56(54)66(58(50)35-46)59-33-41(4)55(36-63-59)42-23-25-43(26-24-42)62(5,6)7/h8-36H,37H2,1-7H3/i2D3,4D3. The summed E-state index contributed by atoms with van der Waals surface area (Å²) in [4.78, 5) is 7.29. The molecule has 0 atom stereocenters. The monoisotopic (exact) mass is 874 g/mol. The highest BCUT2D eigenvalue weighted by molar-refractivity contribution is 6.21. The molecule has 3 aromatic heterocycles. The fourth-order valence-corrected chi connectivity index (χ4v) is 10.4. The highest BCUT2D eigenvalue weighted by Gasteiger charge is 2.25. The number of aromatic nitrogens is 3. The van der Waals surface area contributed by atoms with Gasteiger partial charge in [0, 0.05) is 59.3 Å². The average Bonchev–Trinajstić information content (AvgIpc) is 3.92. The van der Waals surface area contributed by atoms with E-state index in [1.54, 1.807) is 30.5 Å². The Hall–Kier alpha value is -7.89. The Morgan fingerprint density at radius 1 is 0.537 bits per heavy atom. The third-order valence-electron chi connectivity index (χ3n) is 13.6. The van der Waals surface area contributed by atoms with Crippen LogP contribution in [0.25, 0.3) is 82.1 Å². The molecule has 12 rings (SSSR count). The van der Waals surface area contributed by atoms with Crippen LogP contribution < -0.4 is 9.64 Å². The van der Waals surface area contributed by atoms with E-state index in [1.165, 1.54) is 43.6 Å². The third-order valence-corrected chi connectivity index (χ3v) is 13.6. The summed E-state index contributed by atoms with van der Waals surface area (Å²) in [5.74, 6) is 1.55. The number of benzene rings is 8. The van der Waals surface area contributed by atoms with Gasteiger partial charge in [0.25, 0.3) is 0 Å². The van der Waals surface area contributed by atoms with Crippen molar-refractivity contribution in [2.45, 2.75) is 60.4 Å². The molecule has 326 valence electrons. The Kier molecular flexibility index (Phi) is 7.90. The number of hydrogen-bond donors (Lipinski definition) is 0. The minimum atomic E-state index is -2.47. The first-order chi connectivity index (χ1) is 34.9. The van der Waals surface area contributed by atoms with Gasteiger partial charge in [-0.3, -0.25) is 4.57 Å². The van der Waals surface area contributed by atoms with Gasteiger partial charge in [-0.2, -0.15) is 0 Å². The van der Waals surface area contributed by atoms with Crippen molar-refractivity contribution in [1.82, 2.24) is 14.1 Å². The van der Waals surface area contributed by atoms with Gasteiger partial charge in [0.05, 0.1) is 27.8 Å². The molecule has 1 aliphatic heterocycles. The summed E-state index contributed by atoms with van der Waals surface area (Å²) in [7, 11) is 0. The molecule has 5 nitrogen and oxygen atoms in total. The van der Waals surface area contributed by atoms with E-state index in [2.05, 4.69) is 135 Å². The normalized spacial score (nSPS) is 14.3. The Morgan fingerprint density at radius 3 is 2.04 bits per heavy atom. The molecule has 5 heteroatoms. The van der Waals surface area contributed by atoms with Crippen LogP contribution in [0, 0.1) is 27.6 Å². The SMILES string of the molecule is [2H]C([2H])([2H])c1ccc2c(c1)c1ccc(Oc3cccc(N4Cn5c6c(C)cccc6c6cc(C)ccc6c6ccccc6c6cccc4c65)c3)cc1n2-c1cc(C([2H])([2H])[2H])c(-c2ccc(C(C)(C)C)cc2)cn1. The van der Waals surface area contributed by atoms with Crippen LogP contribution in [0.4, 0.5) is 11.4 Å². The van der Waals surface area contributed by atoms with Crippen molar-refractivity contribution in [3.8, 4) is 28.4 Å². The topological polar surface area (TPSA) is 35.2 Å². The van der Waals surface area contributed by atoms with E-state index in [9.17, 15) is 0 Å². The molecule has 0 N–H and O–H groups in total. The van der Waals surface area contributed by atoms with Gasteiger partial charge in [-0.05, 0) is 125 Å². The van der Waals surface area contributed by atoms with Crippen LogP contribution in [-0.2, 0) is 12.1 Å². The highest BCUT2D eigenvalue weighted by Crippen LogP contribution is 2.44. The number of hydrogen-bond acceptors (Lipinski definition) is 3. The molecule has 0 fully saturated rings. The van der Waals surface area contributed by atoms with Gasteiger partial charge >= 0.3 is 0 Å². The van der Waals surface area contributed by atoms with Crippen LogP contribution in [0.5, 0.6) is 11.5 Å². The summed E-state index contributed by atoms with van der Waals surface area (Å²) in [6.07, 6.45) is 1.63. The predicted octanol–water partition coefficient (Wildman–Crippen LogP) is 16.8. The lowest BCUT2D eigenvalue weighted by Crippen LogP contribution is -2.14. The molecule has 0 saturated carbocycles. The fraction of sp³-hybridized carbons (Fsp3) is 0.145. The molecule has 4 heterocycles. The first-order valence-electron chi connectivity index (χ1n) is 25.9. The highest BCUT2D eigenvalue weighted by atomic mass is 16.5. The quantitative estimate of drug-likeness (QED) is 0.173. The Labute approximate surface area is 399 Å². The molecular formula is C62H52N4O. The molecule has 0 aliphatic carbocycles. The van der Waals surface area contributed by atoms with Crippen molar-refractivity contribution in [3.63, 3.8) is 0 Å². The van der Waals surface area contributed by atoms with Crippen LogP contribution in [0.3, 0.4) is 0 Å².